The van der Waals surface area contributed by atoms with E-state index in [2.05, 4.69) is 66.7 Å². The highest BCUT2D eigenvalue weighted by atomic mass is 14.1. The van der Waals surface area contributed by atoms with Crippen molar-refractivity contribution in [1.82, 2.24) is 0 Å². The van der Waals surface area contributed by atoms with Crippen LogP contribution in [0.1, 0.15) is 0 Å². The molecule has 4 rings (SSSR count). The highest BCUT2D eigenvalue weighted by Gasteiger charge is 2.02. The lowest BCUT2D eigenvalue weighted by atomic mass is 9.97. The Kier molecular flexibility index (Phi) is 2.53. The summed E-state index contributed by atoms with van der Waals surface area (Å²) >= 11 is 0. The summed E-state index contributed by atoms with van der Waals surface area (Å²) in [6, 6.07) is 30.8. The Labute approximate surface area is 118 Å². The Balaban J connectivity index is 1.99. The van der Waals surface area contributed by atoms with Crippen molar-refractivity contribution in [3.63, 3.8) is 0 Å². The van der Waals surface area contributed by atoms with Gasteiger partial charge >= 0.3 is 0 Å². The molecule has 0 nitrogen and oxygen atoms in total. The quantitative estimate of drug-likeness (QED) is 0.395. The van der Waals surface area contributed by atoms with E-state index in [9.17, 15) is 0 Å². The summed E-state index contributed by atoms with van der Waals surface area (Å²) in [4.78, 5) is 0. The van der Waals surface area contributed by atoms with Crippen molar-refractivity contribution >= 4 is 21.5 Å². The fraction of sp³-hybridized carbons (Fsp3) is 0. The van der Waals surface area contributed by atoms with Crippen molar-refractivity contribution in [2.45, 2.75) is 0 Å². The molecule has 0 saturated carbocycles. The van der Waals surface area contributed by atoms with Crippen LogP contribution in [0.25, 0.3) is 32.7 Å². The number of benzene rings is 4. The number of hydrogen-bond acceptors (Lipinski definition) is 0. The second-order valence-corrected chi connectivity index (χ2v) is 5.01. The van der Waals surface area contributed by atoms with Crippen LogP contribution < -0.4 is 0 Å². The molecular weight excluding hydrogens is 240 g/mol. The van der Waals surface area contributed by atoms with E-state index in [1.165, 1.54) is 32.7 Å². The first-order chi connectivity index (χ1) is 9.92. The topological polar surface area (TPSA) is 0 Å². The van der Waals surface area contributed by atoms with E-state index < -0.39 is 0 Å². The Morgan fingerprint density at radius 3 is 2.35 bits per heavy atom. The summed E-state index contributed by atoms with van der Waals surface area (Å²) in [6.45, 7) is 0. The Hall–Kier alpha value is -2.60. The summed E-state index contributed by atoms with van der Waals surface area (Å²) in [5, 5.41) is 5.20. The fourth-order valence-corrected chi connectivity index (χ4v) is 2.77. The van der Waals surface area contributed by atoms with Gasteiger partial charge in [0.1, 0.15) is 0 Å². The molecule has 4 aromatic carbocycles. The van der Waals surface area contributed by atoms with Crippen molar-refractivity contribution in [3.8, 4) is 11.1 Å². The molecule has 20 heavy (non-hydrogen) atoms. The summed E-state index contributed by atoms with van der Waals surface area (Å²) < 4.78 is 0. The molecule has 4 aromatic rings. The van der Waals surface area contributed by atoms with Gasteiger partial charge in [0.05, 0.1) is 0 Å². The Bertz CT molecular complexity index is 889. The van der Waals surface area contributed by atoms with Gasteiger partial charge < -0.3 is 0 Å². The number of rotatable bonds is 1. The summed E-state index contributed by atoms with van der Waals surface area (Å²) in [7, 11) is 0. The lowest BCUT2D eigenvalue weighted by Gasteiger charge is -2.07. The van der Waals surface area contributed by atoms with E-state index >= 15 is 0 Å². The van der Waals surface area contributed by atoms with Gasteiger partial charge in [-0.15, -0.1) is 0 Å². The minimum absolute atomic E-state index is 1.21. The lowest BCUT2D eigenvalue weighted by molar-refractivity contribution is 1.64. The van der Waals surface area contributed by atoms with Gasteiger partial charge in [-0.05, 0) is 50.9 Å². The minimum Gasteiger partial charge on any atom is -0.0616 e. The van der Waals surface area contributed by atoms with Gasteiger partial charge in [0.2, 0.25) is 0 Å². The van der Waals surface area contributed by atoms with Crippen molar-refractivity contribution in [3.05, 3.63) is 84.9 Å². The van der Waals surface area contributed by atoms with Gasteiger partial charge in [0, 0.05) is 0 Å². The number of fused-ring (bicyclic) bond motifs is 3. The fourth-order valence-electron chi connectivity index (χ4n) is 2.77. The van der Waals surface area contributed by atoms with E-state index in [-0.39, 0.29) is 0 Å². The first-order valence-electron chi connectivity index (χ1n) is 6.80. The molecule has 0 aliphatic rings. The van der Waals surface area contributed by atoms with Crippen LogP contribution in [0.2, 0.25) is 0 Å². The molecule has 0 fully saturated rings. The molecule has 0 unspecified atom stereocenters. The smallest absolute Gasteiger partial charge is 0.0105 e. The van der Waals surface area contributed by atoms with Gasteiger partial charge in [-0.1, -0.05) is 66.7 Å². The Morgan fingerprint density at radius 2 is 1.45 bits per heavy atom. The average Bonchev–Trinajstić information content (AvgIpc) is 2.55. The normalized spacial score (nSPS) is 11.0. The second kappa shape index (κ2) is 4.50. The molecule has 0 atom stereocenters. The number of hydrogen-bond donors (Lipinski definition) is 0. The van der Waals surface area contributed by atoms with E-state index in [1.54, 1.807) is 0 Å². The second-order valence-electron chi connectivity index (χ2n) is 5.01. The molecule has 0 aliphatic carbocycles. The molecule has 93 valence electrons. The van der Waals surface area contributed by atoms with Crippen LogP contribution in [-0.4, -0.2) is 0 Å². The molecule has 0 aliphatic heterocycles. The average molecular weight is 253 g/mol. The zero-order chi connectivity index (χ0) is 13.4. The van der Waals surface area contributed by atoms with Crippen molar-refractivity contribution in [2.75, 3.05) is 0 Å². The molecule has 1 radical (unpaired) electrons. The maximum Gasteiger partial charge on any atom is -0.0105 e. The first-order valence-corrected chi connectivity index (χ1v) is 6.80. The molecule has 0 heterocycles. The van der Waals surface area contributed by atoms with Crippen LogP contribution in [0.4, 0.5) is 0 Å². The standard InChI is InChI=1S/C20H13/c1-2-6-15(7-3-1)17-12-13-20-18(14-17)11-10-16-8-4-5-9-19(16)20/h1-2,4-14H. The molecule has 0 aromatic heterocycles. The van der Waals surface area contributed by atoms with Crippen LogP contribution in [0, 0.1) is 6.07 Å². The van der Waals surface area contributed by atoms with Crippen LogP contribution in [0.3, 0.4) is 0 Å². The zero-order valence-corrected chi connectivity index (χ0v) is 11.0. The highest BCUT2D eigenvalue weighted by Crippen LogP contribution is 2.29. The van der Waals surface area contributed by atoms with E-state index in [0.717, 1.165) is 0 Å². The minimum atomic E-state index is 1.21. The molecule has 0 spiro atoms. The summed E-state index contributed by atoms with van der Waals surface area (Å²) in [5.41, 5.74) is 2.45. The van der Waals surface area contributed by atoms with Gasteiger partial charge in [-0.3, -0.25) is 0 Å². The van der Waals surface area contributed by atoms with Gasteiger partial charge in [0.15, 0.2) is 0 Å². The summed E-state index contributed by atoms with van der Waals surface area (Å²) in [5.74, 6) is 0. The maximum atomic E-state index is 3.14. The third-order valence-electron chi connectivity index (χ3n) is 3.79. The maximum absolute atomic E-state index is 3.14. The lowest BCUT2D eigenvalue weighted by Crippen LogP contribution is -1.80. The molecule has 0 amide bonds. The van der Waals surface area contributed by atoms with Crippen molar-refractivity contribution < 1.29 is 0 Å². The first kappa shape index (κ1) is 11.2. The Morgan fingerprint density at radius 1 is 0.600 bits per heavy atom. The largest absolute Gasteiger partial charge is 0.0616 e. The molecule has 0 saturated heterocycles. The highest BCUT2D eigenvalue weighted by molar-refractivity contribution is 6.08. The zero-order valence-electron chi connectivity index (χ0n) is 11.0. The monoisotopic (exact) mass is 253 g/mol. The van der Waals surface area contributed by atoms with E-state index in [0.29, 0.717) is 0 Å². The van der Waals surface area contributed by atoms with Crippen LogP contribution in [0.15, 0.2) is 78.9 Å². The van der Waals surface area contributed by atoms with Gasteiger partial charge in [0.25, 0.3) is 0 Å². The van der Waals surface area contributed by atoms with Crippen LogP contribution in [-0.2, 0) is 0 Å². The molecule has 0 N–H and O–H groups in total. The van der Waals surface area contributed by atoms with E-state index in [1.807, 2.05) is 18.2 Å². The molecule has 0 heteroatoms. The third kappa shape index (κ3) is 1.78. The molecular formula is C20H13. The van der Waals surface area contributed by atoms with Crippen molar-refractivity contribution in [1.29, 1.82) is 0 Å². The van der Waals surface area contributed by atoms with Gasteiger partial charge in [-0.2, -0.15) is 0 Å². The van der Waals surface area contributed by atoms with Crippen LogP contribution in [0.5, 0.6) is 0 Å². The van der Waals surface area contributed by atoms with Gasteiger partial charge in [-0.25, -0.2) is 0 Å². The molecule has 0 bridgehead atoms. The SMILES string of the molecule is [c]1cccc(-c2ccc3c(ccc4ccccc43)c2)c1. The third-order valence-corrected chi connectivity index (χ3v) is 3.79. The predicted molar refractivity (Wildman–Crippen MR) is 85.7 cm³/mol. The predicted octanol–water partition coefficient (Wildman–Crippen LogP) is 5.46. The summed E-state index contributed by atoms with van der Waals surface area (Å²) in [6.07, 6.45) is 0. The van der Waals surface area contributed by atoms with Crippen molar-refractivity contribution in [2.24, 2.45) is 0 Å². The van der Waals surface area contributed by atoms with Crippen LogP contribution >= 0.6 is 0 Å². The van der Waals surface area contributed by atoms with E-state index in [4.69, 9.17) is 0 Å².